The van der Waals surface area contributed by atoms with E-state index in [2.05, 4.69) is 27.3 Å². The lowest BCUT2D eigenvalue weighted by molar-refractivity contribution is -0.0512. The van der Waals surface area contributed by atoms with Crippen LogP contribution in [0.4, 0.5) is 8.78 Å². The van der Waals surface area contributed by atoms with Crippen molar-refractivity contribution in [1.29, 1.82) is 0 Å². The number of ether oxygens (including phenoxy) is 3. The van der Waals surface area contributed by atoms with Crippen molar-refractivity contribution in [3.05, 3.63) is 23.8 Å². The van der Waals surface area contributed by atoms with Crippen LogP contribution < -0.4 is 20.1 Å². The van der Waals surface area contributed by atoms with Gasteiger partial charge in [-0.15, -0.1) is 24.0 Å². The molecule has 1 aromatic rings. The summed E-state index contributed by atoms with van der Waals surface area (Å²) in [5, 5.41) is 6.41. The smallest absolute Gasteiger partial charge is 0.387 e. The zero-order chi connectivity index (χ0) is 19.9. The number of nitrogens with one attached hydrogen (secondary N) is 2. The van der Waals surface area contributed by atoms with E-state index in [0.29, 0.717) is 18.9 Å². The van der Waals surface area contributed by atoms with Crippen molar-refractivity contribution in [1.82, 2.24) is 10.6 Å². The number of hydrogen-bond donors (Lipinski definition) is 2. The third-order valence-corrected chi connectivity index (χ3v) is 3.77. The number of nitrogens with zero attached hydrogens (tertiary/aromatic N) is 1. The van der Waals surface area contributed by atoms with Crippen molar-refractivity contribution in [3.8, 4) is 11.5 Å². The number of unbranched alkanes of at least 4 members (excludes halogenated alkanes) is 1. The molecule has 0 saturated carbocycles. The summed E-state index contributed by atoms with van der Waals surface area (Å²) in [5.74, 6) is 1.02. The molecule has 1 aromatic carbocycles. The van der Waals surface area contributed by atoms with Gasteiger partial charge in [0.1, 0.15) is 0 Å². The van der Waals surface area contributed by atoms with E-state index in [0.717, 1.165) is 44.6 Å². The molecule has 2 N–H and O–H groups in total. The molecule has 0 atom stereocenters. The average Bonchev–Trinajstić information content (AvgIpc) is 2.65. The molecule has 0 aliphatic heterocycles. The highest BCUT2D eigenvalue weighted by Gasteiger charge is 2.11. The normalized spacial score (nSPS) is 11.1. The third kappa shape index (κ3) is 11.5. The van der Waals surface area contributed by atoms with Crippen LogP contribution >= 0.6 is 24.0 Å². The van der Waals surface area contributed by atoms with Gasteiger partial charge in [-0.3, -0.25) is 4.99 Å². The Morgan fingerprint density at radius 1 is 1.11 bits per heavy atom. The van der Waals surface area contributed by atoms with Crippen LogP contribution in [0.1, 0.15) is 31.7 Å². The molecule has 0 unspecified atom stereocenters. The molecule has 0 aliphatic rings. The maximum absolute atomic E-state index is 12.5. The van der Waals surface area contributed by atoms with Crippen molar-refractivity contribution < 1.29 is 23.0 Å². The Morgan fingerprint density at radius 3 is 2.46 bits per heavy atom. The molecule has 0 bridgehead atoms. The van der Waals surface area contributed by atoms with E-state index < -0.39 is 6.61 Å². The standard InChI is InChI=1S/C19H31F2N3O3.HI/c1-4-5-12-26-13-6-10-23-19(22-2)24-11-9-15-7-8-16(25-3)17(14-15)27-18(20)21;/h7-8,14,18H,4-6,9-13H2,1-3H3,(H2,22,23,24);1H. The Bertz CT molecular complexity index is 563. The molecule has 0 heterocycles. The lowest BCUT2D eigenvalue weighted by atomic mass is 10.1. The number of guanidine groups is 1. The number of hydrogen-bond acceptors (Lipinski definition) is 4. The molecule has 0 amide bonds. The fraction of sp³-hybridized carbons (Fsp3) is 0.632. The zero-order valence-electron chi connectivity index (χ0n) is 16.8. The van der Waals surface area contributed by atoms with Gasteiger partial charge >= 0.3 is 6.61 Å². The van der Waals surface area contributed by atoms with Gasteiger partial charge < -0.3 is 24.8 Å². The maximum atomic E-state index is 12.5. The molecule has 162 valence electrons. The van der Waals surface area contributed by atoms with E-state index in [1.807, 2.05) is 6.07 Å². The fourth-order valence-electron chi connectivity index (χ4n) is 2.34. The largest absolute Gasteiger partial charge is 0.493 e. The Hall–Kier alpha value is -1.36. The van der Waals surface area contributed by atoms with Gasteiger partial charge in [-0.2, -0.15) is 8.78 Å². The van der Waals surface area contributed by atoms with Crippen LogP contribution in [0.15, 0.2) is 23.2 Å². The minimum absolute atomic E-state index is 0. The molecule has 28 heavy (non-hydrogen) atoms. The van der Waals surface area contributed by atoms with Gasteiger partial charge in [-0.25, -0.2) is 0 Å². The summed E-state index contributed by atoms with van der Waals surface area (Å²) < 4.78 is 40.0. The van der Waals surface area contributed by atoms with Crippen LogP contribution in [0.5, 0.6) is 11.5 Å². The minimum atomic E-state index is -2.89. The summed E-state index contributed by atoms with van der Waals surface area (Å²) in [6, 6.07) is 5.01. The van der Waals surface area contributed by atoms with Crippen LogP contribution in [-0.4, -0.2) is 53.0 Å². The first-order chi connectivity index (χ1) is 13.1. The van der Waals surface area contributed by atoms with Crippen LogP contribution in [0, 0.1) is 0 Å². The third-order valence-electron chi connectivity index (χ3n) is 3.77. The first-order valence-electron chi connectivity index (χ1n) is 9.24. The first kappa shape index (κ1) is 26.6. The van der Waals surface area contributed by atoms with Gasteiger partial charge in [0.25, 0.3) is 0 Å². The topological polar surface area (TPSA) is 64.1 Å². The summed E-state index contributed by atoms with van der Waals surface area (Å²) in [6.45, 7) is 2.15. The van der Waals surface area contributed by atoms with E-state index in [9.17, 15) is 8.78 Å². The van der Waals surface area contributed by atoms with Gasteiger partial charge in [0.05, 0.1) is 7.11 Å². The zero-order valence-corrected chi connectivity index (χ0v) is 19.1. The molecular formula is C19H32F2IN3O3. The van der Waals surface area contributed by atoms with Gasteiger partial charge in [0.2, 0.25) is 0 Å². The predicted octanol–water partition coefficient (Wildman–Crippen LogP) is 3.83. The highest BCUT2D eigenvalue weighted by Crippen LogP contribution is 2.29. The van der Waals surface area contributed by atoms with Crippen molar-refractivity contribution in [2.45, 2.75) is 39.2 Å². The van der Waals surface area contributed by atoms with E-state index in [1.54, 1.807) is 19.2 Å². The molecule has 0 spiro atoms. The van der Waals surface area contributed by atoms with Crippen molar-refractivity contribution in [2.24, 2.45) is 4.99 Å². The number of benzene rings is 1. The Morgan fingerprint density at radius 2 is 1.82 bits per heavy atom. The summed E-state index contributed by atoms with van der Waals surface area (Å²) in [4.78, 5) is 4.16. The Labute approximate surface area is 183 Å². The molecule has 1 rings (SSSR count). The SMILES string of the molecule is CCCCOCCCNC(=NC)NCCc1ccc(OC)c(OC(F)F)c1.I. The van der Waals surface area contributed by atoms with Gasteiger partial charge in [-0.1, -0.05) is 19.4 Å². The number of rotatable bonds is 13. The Balaban J connectivity index is 0.00000729. The van der Waals surface area contributed by atoms with E-state index in [1.165, 1.54) is 7.11 Å². The first-order valence-corrected chi connectivity index (χ1v) is 9.24. The fourth-order valence-corrected chi connectivity index (χ4v) is 2.34. The number of halogens is 3. The molecule has 0 fully saturated rings. The predicted molar refractivity (Wildman–Crippen MR) is 118 cm³/mol. The lowest BCUT2D eigenvalue weighted by Crippen LogP contribution is -2.39. The quantitative estimate of drug-likeness (QED) is 0.181. The summed E-state index contributed by atoms with van der Waals surface area (Å²) >= 11 is 0. The van der Waals surface area contributed by atoms with Gasteiger partial charge in [0.15, 0.2) is 17.5 Å². The summed E-state index contributed by atoms with van der Waals surface area (Å²) in [7, 11) is 3.12. The second-order valence-electron chi connectivity index (χ2n) is 5.86. The Kier molecular flexibility index (Phi) is 15.8. The van der Waals surface area contributed by atoms with E-state index >= 15 is 0 Å². The molecular weight excluding hydrogens is 483 g/mol. The van der Waals surface area contributed by atoms with Crippen molar-refractivity contribution in [2.75, 3.05) is 40.5 Å². The molecule has 0 saturated heterocycles. The van der Waals surface area contributed by atoms with Crippen molar-refractivity contribution >= 4 is 29.9 Å². The van der Waals surface area contributed by atoms with Crippen LogP contribution in [0.2, 0.25) is 0 Å². The lowest BCUT2D eigenvalue weighted by Gasteiger charge is -2.13. The second kappa shape index (κ2) is 16.6. The van der Waals surface area contributed by atoms with Crippen molar-refractivity contribution in [3.63, 3.8) is 0 Å². The molecule has 0 aromatic heterocycles. The summed E-state index contributed by atoms with van der Waals surface area (Å²) in [6.07, 6.45) is 3.76. The van der Waals surface area contributed by atoms with Crippen LogP contribution in [-0.2, 0) is 11.2 Å². The van der Waals surface area contributed by atoms with E-state index in [-0.39, 0.29) is 35.5 Å². The molecule has 0 radical (unpaired) electrons. The van der Waals surface area contributed by atoms with Gasteiger partial charge in [-0.05, 0) is 37.0 Å². The maximum Gasteiger partial charge on any atom is 0.387 e. The summed E-state index contributed by atoms with van der Waals surface area (Å²) in [5.41, 5.74) is 0.860. The number of methoxy groups -OCH3 is 1. The molecule has 9 heteroatoms. The minimum Gasteiger partial charge on any atom is -0.493 e. The highest BCUT2D eigenvalue weighted by atomic mass is 127. The highest BCUT2D eigenvalue weighted by molar-refractivity contribution is 14.0. The molecule has 6 nitrogen and oxygen atoms in total. The monoisotopic (exact) mass is 515 g/mol. The van der Waals surface area contributed by atoms with E-state index in [4.69, 9.17) is 9.47 Å². The van der Waals surface area contributed by atoms with Crippen LogP contribution in [0.3, 0.4) is 0 Å². The molecule has 0 aliphatic carbocycles. The number of alkyl halides is 2. The van der Waals surface area contributed by atoms with Gasteiger partial charge in [0, 0.05) is 33.4 Å². The van der Waals surface area contributed by atoms with Crippen LogP contribution in [0.25, 0.3) is 0 Å². The average molecular weight is 515 g/mol. The number of aliphatic imine (C=N–C) groups is 1. The second-order valence-corrected chi connectivity index (χ2v) is 5.86.